The highest BCUT2D eigenvalue weighted by Crippen LogP contribution is 2.44. The highest BCUT2D eigenvalue weighted by atomic mass is 32.2. The Morgan fingerprint density at radius 3 is 2.87 bits per heavy atom. The Balaban J connectivity index is 2.24. The summed E-state index contributed by atoms with van der Waals surface area (Å²) < 4.78 is 0. The Morgan fingerprint density at radius 1 is 1.47 bits per heavy atom. The first-order valence-corrected chi connectivity index (χ1v) is 6.12. The van der Waals surface area contributed by atoms with Gasteiger partial charge in [-0.05, 0) is 49.9 Å². The number of benzene rings is 1. The van der Waals surface area contributed by atoms with E-state index in [1.807, 2.05) is 26.0 Å². The zero-order valence-electron chi connectivity index (χ0n) is 9.03. The topological polar surface area (TPSA) is 40.5 Å². The summed E-state index contributed by atoms with van der Waals surface area (Å²) in [5.41, 5.74) is 0.542. The van der Waals surface area contributed by atoms with E-state index in [9.17, 15) is 10.2 Å². The van der Waals surface area contributed by atoms with E-state index < -0.39 is 5.60 Å². The van der Waals surface area contributed by atoms with Gasteiger partial charge < -0.3 is 10.2 Å². The number of hydrogen-bond donors (Lipinski definition) is 2. The summed E-state index contributed by atoms with van der Waals surface area (Å²) in [5.74, 6) is 1.68. The van der Waals surface area contributed by atoms with Gasteiger partial charge in [-0.15, -0.1) is 11.8 Å². The number of aliphatic hydroxyl groups is 1. The van der Waals surface area contributed by atoms with E-state index in [-0.39, 0.29) is 0 Å². The fourth-order valence-corrected chi connectivity index (χ4v) is 3.27. The van der Waals surface area contributed by atoms with Gasteiger partial charge in [-0.3, -0.25) is 0 Å². The van der Waals surface area contributed by atoms with Gasteiger partial charge in [0.1, 0.15) is 5.75 Å². The first-order valence-electron chi connectivity index (χ1n) is 5.14. The van der Waals surface area contributed by atoms with E-state index in [4.69, 9.17) is 0 Å². The Kier molecular flexibility index (Phi) is 2.69. The minimum Gasteiger partial charge on any atom is -0.508 e. The summed E-state index contributed by atoms with van der Waals surface area (Å²) in [5, 5.41) is 19.2. The SMILES string of the molecule is CC(C)(O)CC1CSc2ccc(O)cc21. The van der Waals surface area contributed by atoms with Crippen molar-refractivity contribution in [1.29, 1.82) is 0 Å². The first kappa shape index (κ1) is 10.8. The van der Waals surface area contributed by atoms with Gasteiger partial charge in [0.05, 0.1) is 5.60 Å². The van der Waals surface area contributed by atoms with Gasteiger partial charge in [0.25, 0.3) is 0 Å². The molecule has 3 heteroatoms. The highest BCUT2D eigenvalue weighted by Gasteiger charge is 2.28. The summed E-state index contributed by atoms with van der Waals surface area (Å²) in [6, 6.07) is 5.50. The van der Waals surface area contributed by atoms with Gasteiger partial charge in [0.15, 0.2) is 0 Å². The zero-order chi connectivity index (χ0) is 11.1. The third-order valence-corrected chi connectivity index (χ3v) is 3.87. The van der Waals surface area contributed by atoms with Crippen LogP contribution in [0.15, 0.2) is 23.1 Å². The molecule has 1 aromatic carbocycles. The van der Waals surface area contributed by atoms with E-state index in [1.54, 1.807) is 17.8 Å². The quantitative estimate of drug-likeness (QED) is 0.811. The molecule has 15 heavy (non-hydrogen) atoms. The Morgan fingerprint density at radius 2 is 2.20 bits per heavy atom. The van der Waals surface area contributed by atoms with Crippen LogP contribution in [0.2, 0.25) is 0 Å². The lowest BCUT2D eigenvalue weighted by molar-refractivity contribution is 0.0652. The van der Waals surface area contributed by atoms with Crippen molar-refractivity contribution >= 4 is 11.8 Å². The third-order valence-electron chi connectivity index (χ3n) is 2.62. The second-order valence-corrected chi connectivity index (χ2v) is 5.81. The number of thioether (sulfide) groups is 1. The second-order valence-electron chi connectivity index (χ2n) is 4.75. The first-order chi connectivity index (χ1) is 6.96. The molecule has 0 saturated carbocycles. The predicted octanol–water partition coefficient (Wildman–Crippen LogP) is 2.74. The van der Waals surface area contributed by atoms with Crippen LogP contribution in [0.25, 0.3) is 0 Å². The van der Waals surface area contributed by atoms with Crippen LogP contribution in [0.1, 0.15) is 31.7 Å². The van der Waals surface area contributed by atoms with Crippen LogP contribution in [-0.2, 0) is 0 Å². The Bertz CT molecular complexity index is 368. The van der Waals surface area contributed by atoms with Crippen molar-refractivity contribution in [1.82, 2.24) is 0 Å². The molecule has 1 atom stereocenters. The van der Waals surface area contributed by atoms with Crippen molar-refractivity contribution in [2.24, 2.45) is 0 Å². The molecule has 1 heterocycles. The van der Waals surface area contributed by atoms with Crippen LogP contribution in [0.3, 0.4) is 0 Å². The minimum absolute atomic E-state index is 0.317. The molecule has 1 aliphatic rings. The molecular formula is C12H16O2S. The lowest BCUT2D eigenvalue weighted by atomic mass is 9.89. The molecule has 0 bridgehead atoms. The van der Waals surface area contributed by atoms with Crippen LogP contribution in [0.4, 0.5) is 0 Å². The summed E-state index contributed by atoms with van der Waals surface area (Å²) in [6.45, 7) is 3.66. The van der Waals surface area contributed by atoms with E-state index >= 15 is 0 Å². The van der Waals surface area contributed by atoms with E-state index in [0.29, 0.717) is 11.7 Å². The molecule has 0 saturated heterocycles. The van der Waals surface area contributed by atoms with E-state index in [1.165, 1.54) is 10.5 Å². The summed E-state index contributed by atoms with van der Waals surface area (Å²) in [7, 11) is 0. The van der Waals surface area contributed by atoms with Crippen molar-refractivity contribution < 1.29 is 10.2 Å². The molecular weight excluding hydrogens is 208 g/mol. The lowest BCUT2D eigenvalue weighted by Gasteiger charge is -2.21. The van der Waals surface area contributed by atoms with Crippen LogP contribution in [0, 0.1) is 0 Å². The fraction of sp³-hybridized carbons (Fsp3) is 0.500. The van der Waals surface area contributed by atoms with Crippen molar-refractivity contribution in [3.63, 3.8) is 0 Å². The number of aromatic hydroxyl groups is 1. The number of phenols is 1. The van der Waals surface area contributed by atoms with Gasteiger partial charge in [-0.25, -0.2) is 0 Å². The van der Waals surface area contributed by atoms with Gasteiger partial charge in [0.2, 0.25) is 0 Å². The number of phenolic OH excluding ortho intramolecular Hbond substituents is 1. The van der Waals surface area contributed by atoms with E-state index in [0.717, 1.165) is 12.2 Å². The van der Waals surface area contributed by atoms with Crippen molar-refractivity contribution in [2.45, 2.75) is 36.7 Å². The molecule has 1 aromatic rings. The smallest absolute Gasteiger partial charge is 0.115 e. The monoisotopic (exact) mass is 224 g/mol. The second kappa shape index (κ2) is 3.72. The molecule has 82 valence electrons. The Hall–Kier alpha value is -0.670. The molecule has 2 nitrogen and oxygen atoms in total. The maximum Gasteiger partial charge on any atom is 0.115 e. The molecule has 0 aliphatic carbocycles. The maximum absolute atomic E-state index is 9.80. The molecule has 1 unspecified atom stereocenters. The molecule has 0 spiro atoms. The summed E-state index contributed by atoms with van der Waals surface area (Å²) in [6.07, 6.45) is 0.746. The molecule has 0 aromatic heterocycles. The minimum atomic E-state index is -0.641. The average Bonchev–Trinajstić information content (AvgIpc) is 2.46. The highest BCUT2D eigenvalue weighted by molar-refractivity contribution is 7.99. The molecule has 0 fully saturated rings. The number of hydrogen-bond acceptors (Lipinski definition) is 3. The molecule has 0 radical (unpaired) electrons. The van der Waals surface area contributed by atoms with Crippen molar-refractivity contribution in [3.8, 4) is 5.75 Å². The fourth-order valence-electron chi connectivity index (χ4n) is 2.04. The lowest BCUT2D eigenvalue weighted by Crippen LogP contribution is -2.22. The molecule has 2 rings (SSSR count). The largest absolute Gasteiger partial charge is 0.508 e. The van der Waals surface area contributed by atoms with Gasteiger partial charge in [-0.2, -0.15) is 0 Å². The normalized spacial score (nSPS) is 20.3. The molecule has 2 N–H and O–H groups in total. The van der Waals surface area contributed by atoms with Crippen LogP contribution < -0.4 is 0 Å². The van der Waals surface area contributed by atoms with Gasteiger partial charge >= 0.3 is 0 Å². The van der Waals surface area contributed by atoms with Crippen molar-refractivity contribution in [3.05, 3.63) is 23.8 Å². The van der Waals surface area contributed by atoms with Gasteiger partial charge in [0, 0.05) is 10.6 Å². The number of fused-ring (bicyclic) bond motifs is 1. The third kappa shape index (κ3) is 2.47. The maximum atomic E-state index is 9.80. The standard InChI is InChI=1S/C12H16O2S/c1-12(2,14)6-8-7-15-11-4-3-9(13)5-10(8)11/h3-5,8,13-14H,6-7H2,1-2H3. The summed E-state index contributed by atoms with van der Waals surface area (Å²) in [4.78, 5) is 1.24. The Labute approximate surface area is 94.3 Å². The van der Waals surface area contributed by atoms with Gasteiger partial charge in [-0.1, -0.05) is 0 Å². The van der Waals surface area contributed by atoms with Crippen LogP contribution in [0.5, 0.6) is 5.75 Å². The summed E-state index contributed by atoms with van der Waals surface area (Å²) >= 11 is 1.80. The molecule has 0 amide bonds. The van der Waals surface area contributed by atoms with Crippen molar-refractivity contribution in [2.75, 3.05) is 5.75 Å². The predicted molar refractivity (Wildman–Crippen MR) is 62.5 cm³/mol. The van der Waals surface area contributed by atoms with E-state index in [2.05, 4.69) is 0 Å². The van der Waals surface area contributed by atoms with Crippen LogP contribution in [-0.4, -0.2) is 21.6 Å². The molecule has 1 aliphatic heterocycles. The number of rotatable bonds is 2. The average molecular weight is 224 g/mol. The zero-order valence-corrected chi connectivity index (χ0v) is 9.84. The van der Waals surface area contributed by atoms with Crippen LogP contribution >= 0.6 is 11.8 Å².